The van der Waals surface area contributed by atoms with Gasteiger partial charge in [-0.25, -0.2) is 4.39 Å². The Bertz CT molecular complexity index is 644. The first-order valence-corrected chi connectivity index (χ1v) is 9.58. The van der Waals surface area contributed by atoms with Crippen molar-refractivity contribution in [1.82, 2.24) is 15.1 Å². The van der Waals surface area contributed by atoms with Crippen molar-refractivity contribution in [2.45, 2.75) is 26.2 Å². The van der Waals surface area contributed by atoms with Crippen LogP contribution in [-0.2, 0) is 4.79 Å². The molecule has 27 heavy (non-hydrogen) atoms. The van der Waals surface area contributed by atoms with E-state index in [2.05, 4.69) is 12.2 Å². The standard InChI is InChI=1S/C20H28FN3O2.ClH/c1-15(16-5-7-22-8-6-16)13-19(25)23-9-11-24(12-10-23)20(26)17-3-2-4-18(21)14-17;/h2-4,14-16,22H,5-13H2,1H3;1H. The van der Waals surface area contributed by atoms with Crippen molar-refractivity contribution in [2.75, 3.05) is 39.3 Å². The number of halogens is 2. The molecular formula is C20H29ClFN3O2. The summed E-state index contributed by atoms with van der Waals surface area (Å²) in [4.78, 5) is 28.6. The minimum absolute atomic E-state index is 0. The van der Waals surface area contributed by atoms with E-state index in [0.29, 0.717) is 50.0 Å². The van der Waals surface area contributed by atoms with Crippen LogP contribution in [0, 0.1) is 17.7 Å². The number of nitrogens with zero attached hydrogens (tertiary/aromatic N) is 2. The molecule has 2 aliphatic heterocycles. The van der Waals surface area contributed by atoms with Gasteiger partial charge in [0, 0.05) is 38.2 Å². The molecule has 2 aliphatic rings. The molecule has 2 fully saturated rings. The van der Waals surface area contributed by atoms with E-state index in [1.165, 1.54) is 12.1 Å². The van der Waals surface area contributed by atoms with Crippen molar-refractivity contribution in [1.29, 1.82) is 0 Å². The van der Waals surface area contributed by atoms with Gasteiger partial charge in [0.05, 0.1) is 0 Å². The Morgan fingerprint density at radius 1 is 1.15 bits per heavy atom. The van der Waals surface area contributed by atoms with E-state index >= 15 is 0 Å². The van der Waals surface area contributed by atoms with Gasteiger partial charge in [-0.05, 0) is 56.0 Å². The average Bonchev–Trinajstić information content (AvgIpc) is 2.68. The molecule has 5 nitrogen and oxygen atoms in total. The molecule has 3 rings (SSSR count). The van der Waals surface area contributed by atoms with Gasteiger partial charge in [-0.2, -0.15) is 0 Å². The van der Waals surface area contributed by atoms with E-state index in [-0.39, 0.29) is 24.2 Å². The summed E-state index contributed by atoms with van der Waals surface area (Å²) in [5, 5.41) is 3.36. The molecule has 1 atom stereocenters. The zero-order chi connectivity index (χ0) is 18.5. The van der Waals surface area contributed by atoms with Crippen molar-refractivity contribution in [3.8, 4) is 0 Å². The van der Waals surface area contributed by atoms with Gasteiger partial charge in [0.1, 0.15) is 5.82 Å². The van der Waals surface area contributed by atoms with Crippen molar-refractivity contribution in [2.24, 2.45) is 11.8 Å². The van der Waals surface area contributed by atoms with Crippen LogP contribution >= 0.6 is 12.4 Å². The van der Waals surface area contributed by atoms with Gasteiger partial charge in [-0.15, -0.1) is 12.4 Å². The molecule has 0 aliphatic carbocycles. The van der Waals surface area contributed by atoms with Crippen LogP contribution in [0.1, 0.15) is 36.5 Å². The lowest BCUT2D eigenvalue weighted by Gasteiger charge is -2.36. The maximum atomic E-state index is 13.3. The number of carbonyl (C=O) groups is 2. The third kappa shape index (κ3) is 5.66. The third-order valence-electron chi connectivity index (χ3n) is 5.68. The first-order chi connectivity index (χ1) is 12.5. The molecule has 1 aromatic rings. The first kappa shape index (κ1) is 21.6. The lowest BCUT2D eigenvalue weighted by Crippen LogP contribution is -2.51. The highest BCUT2D eigenvalue weighted by Gasteiger charge is 2.28. The predicted molar refractivity (Wildman–Crippen MR) is 106 cm³/mol. The Morgan fingerprint density at radius 3 is 2.41 bits per heavy atom. The summed E-state index contributed by atoms with van der Waals surface area (Å²) < 4.78 is 13.3. The maximum absolute atomic E-state index is 13.3. The molecule has 0 spiro atoms. The molecule has 7 heteroatoms. The Hall–Kier alpha value is -1.66. The number of nitrogens with one attached hydrogen (secondary N) is 1. The van der Waals surface area contributed by atoms with Crippen LogP contribution in [0.3, 0.4) is 0 Å². The summed E-state index contributed by atoms with van der Waals surface area (Å²) in [5.41, 5.74) is 0.365. The molecule has 1 aromatic carbocycles. The van der Waals surface area contributed by atoms with E-state index in [4.69, 9.17) is 0 Å². The normalized spacial score (nSPS) is 19.3. The maximum Gasteiger partial charge on any atom is 0.254 e. The fourth-order valence-corrected chi connectivity index (χ4v) is 3.95. The number of benzene rings is 1. The smallest absolute Gasteiger partial charge is 0.254 e. The summed E-state index contributed by atoms with van der Waals surface area (Å²) in [6.45, 7) is 6.38. The Labute approximate surface area is 166 Å². The molecule has 0 saturated carbocycles. The van der Waals surface area contributed by atoms with E-state index in [9.17, 15) is 14.0 Å². The molecule has 2 heterocycles. The second kappa shape index (κ2) is 10.0. The quantitative estimate of drug-likeness (QED) is 0.849. The third-order valence-corrected chi connectivity index (χ3v) is 5.68. The highest BCUT2D eigenvalue weighted by Crippen LogP contribution is 2.25. The number of piperidine rings is 1. The lowest BCUT2D eigenvalue weighted by atomic mass is 9.84. The van der Waals surface area contributed by atoms with E-state index in [1.807, 2.05) is 4.90 Å². The van der Waals surface area contributed by atoms with Gasteiger partial charge in [0.15, 0.2) is 0 Å². The minimum atomic E-state index is -0.406. The zero-order valence-corrected chi connectivity index (χ0v) is 16.6. The molecule has 150 valence electrons. The van der Waals surface area contributed by atoms with Crippen LogP contribution in [0.15, 0.2) is 24.3 Å². The van der Waals surface area contributed by atoms with Gasteiger partial charge in [-0.3, -0.25) is 9.59 Å². The topological polar surface area (TPSA) is 52.7 Å². The summed E-state index contributed by atoms with van der Waals surface area (Å²) in [6.07, 6.45) is 2.87. The summed E-state index contributed by atoms with van der Waals surface area (Å²) in [6, 6.07) is 5.77. The number of piperazine rings is 1. The van der Waals surface area contributed by atoms with Crippen molar-refractivity contribution in [3.63, 3.8) is 0 Å². The van der Waals surface area contributed by atoms with Crippen molar-refractivity contribution in [3.05, 3.63) is 35.6 Å². The molecule has 1 N–H and O–H groups in total. The molecule has 0 bridgehead atoms. The van der Waals surface area contributed by atoms with E-state index < -0.39 is 5.82 Å². The zero-order valence-electron chi connectivity index (χ0n) is 15.8. The summed E-state index contributed by atoms with van der Waals surface area (Å²) in [7, 11) is 0. The SMILES string of the molecule is CC(CC(=O)N1CCN(C(=O)c2cccc(F)c2)CC1)C1CCNCC1.Cl. The van der Waals surface area contributed by atoms with Crippen LogP contribution in [-0.4, -0.2) is 60.9 Å². The molecule has 2 amide bonds. The molecule has 0 aromatic heterocycles. The van der Waals surface area contributed by atoms with Gasteiger partial charge >= 0.3 is 0 Å². The Morgan fingerprint density at radius 2 is 1.78 bits per heavy atom. The lowest BCUT2D eigenvalue weighted by molar-refractivity contribution is -0.134. The predicted octanol–water partition coefficient (Wildman–Crippen LogP) is 2.56. The van der Waals surface area contributed by atoms with E-state index in [1.54, 1.807) is 17.0 Å². The Balaban J connectivity index is 0.00000261. The number of rotatable bonds is 4. The number of hydrogen-bond donors (Lipinski definition) is 1. The largest absolute Gasteiger partial charge is 0.339 e. The molecule has 2 saturated heterocycles. The molecule has 0 radical (unpaired) electrons. The van der Waals surface area contributed by atoms with Crippen LogP contribution in [0.2, 0.25) is 0 Å². The molecule has 1 unspecified atom stereocenters. The number of hydrogen-bond acceptors (Lipinski definition) is 3. The van der Waals surface area contributed by atoms with Crippen LogP contribution in [0.25, 0.3) is 0 Å². The van der Waals surface area contributed by atoms with Crippen LogP contribution in [0.5, 0.6) is 0 Å². The van der Waals surface area contributed by atoms with Crippen LogP contribution in [0.4, 0.5) is 4.39 Å². The fourth-order valence-electron chi connectivity index (χ4n) is 3.95. The number of carbonyl (C=O) groups excluding carboxylic acids is 2. The fraction of sp³-hybridized carbons (Fsp3) is 0.600. The van der Waals surface area contributed by atoms with Gasteiger partial charge < -0.3 is 15.1 Å². The average molecular weight is 398 g/mol. The van der Waals surface area contributed by atoms with Gasteiger partial charge in [0.2, 0.25) is 5.91 Å². The van der Waals surface area contributed by atoms with E-state index in [0.717, 1.165) is 25.9 Å². The number of amides is 2. The van der Waals surface area contributed by atoms with Crippen LogP contribution < -0.4 is 5.32 Å². The highest BCUT2D eigenvalue weighted by atomic mass is 35.5. The monoisotopic (exact) mass is 397 g/mol. The van der Waals surface area contributed by atoms with Gasteiger partial charge in [0.25, 0.3) is 5.91 Å². The highest BCUT2D eigenvalue weighted by molar-refractivity contribution is 5.94. The minimum Gasteiger partial charge on any atom is -0.339 e. The Kier molecular flexibility index (Phi) is 8.05. The molecular weight excluding hydrogens is 369 g/mol. The van der Waals surface area contributed by atoms with Crippen molar-refractivity contribution < 1.29 is 14.0 Å². The second-order valence-corrected chi connectivity index (χ2v) is 7.45. The summed E-state index contributed by atoms with van der Waals surface area (Å²) >= 11 is 0. The van der Waals surface area contributed by atoms with Crippen molar-refractivity contribution >= 4 is 24.2 Å². The second-order valence-electron chi connectivity index (χ2n) is 7.45. The van der Waals surface area contributed by atoms with Gasteiger partial charge in [-0.1, -0.05) is 13.0 Å². The summed E-state index contributed by atoms with van der Waals surface area (Å²) in [5.74, 6) is 0.637. The first-order valence-electron chi connectivity index (χ1n) is 9.58.